The Kier molecular flexibility index (Phi) is 3.66. The summed E-state index contributed by atoms with van der Waals surface area (Å²) < 4.78 is 5.32. The highest BCUT2D eigenvalue weighted by molar-refractivity contribution is 5.57. The van der Waals surface area contributed by atoms with Gasteiger partial charge in [0.05, 0.1) is 12.8 Å². The van der Waals surface area contributed by atoms with Crippen LogP contribution in [0.1, 0.15) is 18.5 Å². The fourth-order valence-electron chi connectivity index (χ4n) is 1.82. The van der Waals surface area contributed by atoms with Crippen molar-refractivity contribution >= 4 is 5.69 Å². The lowest BCUT2D eigenvalue weighted by Gasteiger charge is -2.17. The summed E-state index contributed by atoms with van der Waals surface area (Å²) in [6, 6.07) is 18.6. The number of methoxy groups -OCH3 is 1. The van der Waals surface area contributed by atoms with Crippen LogP contribution >= 0.6 is 0 Å². The van der Waals surface area contributed by atoms with Gasteiger partial charge >= 0.3 is 0 Å². The third kappa shape index (κ3) is 2.78. The van der Waals surface area contributed by atoms with Crippen LogP contribution in [0.5, 0.6) is 5.75 Å². The smallest absolute Gasteiger partial charge is 0.141 e. The number of rotatable bonds is 4. The van der Waals surface area contributed by atoms with Crippen molar-refractivity contribution in [1.29, 1.82) is 0 Å². The molecule has 1 atom stereocenters. The SMILES string of the molecule is COc1ccccc1NC(C)c1ccccc1. The van der Waals surface area contributed by atoms with Crippen molar-refractivity contribution in [1.82, 2.24) is 0 Å². The van der Waals surface area contributed by atoms with Crippen LogP contribution in [-0.4, -0.2) is 7.11 Å². The van der Waals surface area contributed by atoms with E-state index in [-0.39, 0.29) is 6.04 Å². The van der Waals surface area contributed by atoms with Crippen LogP contribution in [0.2, 0.25) is 0 Å². The number of para-hydroxylation sites is 2. The molecule has 0 aliphatic carbocycles. The molecule has 0 aromatic heterocycles. The first-order valence-electron chi connectivity index (χ1n) is 5.76. The van der Waals surface area contributed by atoms with Gasteiger partial charge in [-0.2, -0.15) is 0 Å². The average molecular weight is 227 g/mol. The summed E-state index contributed by atoms with van der Waals surface area (Å²) in [5.41, 5.74) is 2.28. The molecule has 0 saturated heterocycles. The molecule has 0 saturated carbocycles. The van der Waals surface area contributed by atoms with Gasteiger partial charge in [0.1, 0.15) is 5.75 Å². The van der Waals surface area contributed by atoms with Gasteiger partial charge in [0, 0.05) is 6.04 Å². The quantitative estimate of drug-likeness (QED) is 0.856. The fourth-order valence-corrected chi connectivity index (χ4v) is 1.82. The highest BCUT2D eigenvalue weighted by Gasteiger charge is 2.07. The van der Waals surface area contributed by atoms with E-state index in [2.05, 4.69) is 36.5 Å². The van der Waals surface area contributed by atoms with Crippen LogP contribution in [0.3, 0.4) is 0 Å². The van der Waals surface area contributed by atoms with Crippen LogP contribution in [0.15, 0.2) is 54.6 Å². The number of hydrogen-bond acceptors (Lipinski definition) is 2. The zero-order valence-corrected chi connectivity index (χ0v) is 10.2. The maximum atomic E-state index is 5.32. The molecule has 1 unspecified atom stereocenters. The second-order valence-corrected chi connectivity index (χ2v) is 3.98. The molecule has 88 valence electrons. The van der Waals surface area contributed by atoms with Gasteiger partial charge in [-0.25, -0.2) is 0 Å². The molecule has 0 amide bonds. The van der Waals surface area contributed by atoms with Gasteiger partial charge in [0.2, 0.25) is 0 Å². The second kappa shape index (κ2) is 5.39. The Morgan fingerprint density at radius 2 is 1.59 bits per heavy atom. The highest BCUT2D eigenvalue weighted by Crippen LogP contribution is 2.27. The van der Waals surface area contributed by atoms with Crippen LogP contribution in [0, 0.1) is 0 Å². The van der Waals surface area contributed by atoms with Gasteiger partial charge in [-0.05, 0) is 24.6 Å². The first-order chi connectivity index (χ1) is 8.31. The van der Waals surface area contributed by atoms with Crippen molar-refractivity contribution in [2.24, 2.45) is 0 Å². The first-order valence-corrected chi connectivity index (χ1v) is 5.76. The molecule has 0 aliphatic rings. The minimum atomic E-state index is 0.257. The zero-order valence-electron chi connectivity index (χ0n) is 10.2. The topological polar surface area (TPSA) is 21.3 Å². The summed E-state index contributed by atoms with van der Waals surface area (Å²) in [5.74, 6) is 0.871. The van der Waals surface area contributed by atoms with E-state index in [9.17, 15) is 0 Å². The molecular weight excluding hydrogens is 210 g/mol. The van der Waals surface area contributed by atoms with E-state index in [1.807, 2.05) is 30.3 Å². The Balaban J connectivity index is 2.16. The van der Waals surface area contributed by atoms with Crippen molar-refractivity contribution in [3.63, 3.8) is 0 Å². The van der Waals surface area contributed by atoms with E-state index in [4.69, 9.17) is 4.74 Å². The molecule has 2 nitrogen and oxygen atoms in total. The Morgan fingerprint density at radius 3 is 2.29 bits per heavy atom. The maximum Gasteiger partial charge on any atom is 0.141 e. The van der Waals surface area contributed by atoms with E-state index in [0.29, 0.717) is 0 Å². The predicted molar refractivity (Wildman–Crippen MR) is 71.5 cm³/mol. The molecule has 2 aromatic rings. The lowest BCUT2D eigenvalue weighted by atomic mass is 10.1. The molecule has 1 N–H and O–H groups in total. The molecule has 0 spiro atoms. The molecule has 0 radical (unpaired) electrons. The number of anilines is 1. The summed E-state index contributed by atoms with van der Waals surface area (Å²) in [4.78, 5) is 0. The predicted octanol–water partition coefficient (Wildman–Crippen LogP) is 3.87. The molecule has 17 heavy (non-hydrogen) atoms. The summed E-state index contributed by atoms with van der Waals surface area (Å²) >= 11 is 0. The van der Waals surface area contributed by atoms with E-state index in [1.54, 1.807) is 7.11 Å². The standard InChI is InChI=1S/C15H17NO/c1-12(13-8-4-3-5-9-13)16-14-10-6-7-11-15(14)17-2/h3-12,16H,1-2H3. The minimum absolute atomic E-state index is 0.257. The van der Waals surface area contributed by atoms with Gasteiger partial charge in [-0.3, -0.25) is 0 Å². The van der Waals surface area contributed by atoms with Gasteiger partial charge in [-0.1, -0.05) is 42.5 Å². The van der Waals surface area contributed by atoms with Crippen LogP contribution in [0.25, 0.3) is 0 Å². The molecule has 0 aliphatic heterocycles. The molecule has 2 rings (SSSR count). The van der Waals surface area contributed by atoms with Crippen LogP contribution < -0.4 is 10.1 Å². The Morgan fingerprint density at radius 1 is 0.941 bits per heavy atom. The maximum absolute atomic E-state index is 5.32. The third-order valence-electron chi connectivity index (χ3n) is 2.78. The van der Waals surface area contributed by atoms with E-state index in [1.165, 1.54) is 5.56 Å². The van der Waals surface area contributed by atoms with Crippen molar-refractivity contribution in [3.05, 3.63) is 60.2 Å². The molecule has 0 bridgehead atoms. The van der Waals surface area contributed by atoms with Gasteiger partial charge in [-0.15, -0.1) is 0 Å². The normalized spacial score (nSPS) is 11.9. The highest BCUT2D eigenvalue weighted by atomic mass is 16.5. The van der Waals surface area contributed by atoms with Crippen molar-refractivity contribution in [2.45, 2.75) is 13.0 Å². The lowest BCUT2D eigenvalue weighted by Crippen LogP contribution is -2.07. The van der Waals surface area contributed by atoms with Gasteiger partial charge < -0.3 is 10.1 Å². The van der Waals surface area contributed by atoms with E-state index < -0.39 is 0 Å². The monoisotopic (exact) mass is 227 g/mol. The van der Waals surface area contributed by atoms with Gasteiger partial charge in [0.25, 0.3) is 0 Å². The molecule has 2 aromatic carbocycles. The minimum Gasteiger partial charge on any atom is -0.495 e. The summed E-state index contributed by atoms with van der Waals surface area (Å²) in [5, 5.41) is 3.45. The fraction of sp³-hybridized carbons (Fsp3) is 0.200. The Bertz CT molecular complexity index is 467. The number of hydrogen-bond donors (Lipinski definition) is 1. The summed E-state index contributed by atoms with van der Waals surface area (Å²) in [7, 11) is 1.69. The Hall–Kier alpha value is -1.96. The average Bonchev–Trinajstić information content (AvgIpc) is 2.40. The second-order valence-electron chi connectivity index (χ2n) is 3.98. The Labute approximate surface area is 102 Å². The van der Waals surface area contributed by atoms with Crippen molar-refractivity contribution < 1.29 is 4.74 Å². The summed E-state index contributed by atoms with van der Waals surface area (Å²) in [6.07, 6.45) is 0. The first kappa shape index (κ1) is 11.5. The van der Waals surface area contributed by atoms with Crippen LogP contribution in [0.4, 0.5) is 5.69 Å². The number of nitrogens with one attached hydrogen (secondary N) is 1. The zero-order chi connectivity index (χ0) is 12.1. The molecule has 0 heterocycles. The van der Waals surface area contributed by atoms with E-state index in [0.717, 1.165) is 11.4 Å². The molecule has 0 fully saturated rings. The van der Waals surface area contributed by atoms with Crippen LogP contribution in [-0.2, 0) is 0 Å². The summed E-state index contributed by atoms with van der Waals surface area (Å²) in [6.45, 7) is 2.14. The molecule has 2 heteroatoms. The van der Waals surface area contributed by atoms with Crippen molar-refractivity contribution in [3.8, 4) is 5.75 Å². The van der Waals surface area contributed by atoms with Crippen molar-refractivity contribution in [2.75, 3.05) is 12.4 Å². The third-order valence-corrected chi connectivity index (χ3v) is 2.78. The lowest BCUT2D eigenvalue weighted by molar-refractivity contribution is 0.416. The van der Waals surface area contributed by atoms with E-state index >= 15 is 0 Å². The van der Waals surface area contributed by atoms with Gasteiger partial charge in [0.15, 0.2) is 0 Å². The largest absolute Gasteiger partial charge is 0.495 e. The number of benzene rings is 2. The number of ether oxygens (including phenoxy) is 1. The molecular formula is C15H17NO.